The highest BCUT2D eigenvalue weighted by Crippen LogP contribution is 2.33. The molecule has 0 spiro atoms. The standard InChI is InChI=1S/C12H16N2O2/c13-11-10(12(15)16)6-9(7-14-11)8-4-2-1-3-5-8/h6-8H,1-5H2,(H2,13,14)(H,15,16). The molecular formula is C12H16N2O2. The van der Waals surface area contributed by atoms with Gasteiger partial charge >= 0.3 is 5.97 Å². The molecule has 0 atom stereocenters. The number of nitrogens with zero attached hydrogens (tertiary/aromatic N) is 1. The topological polar surface area (TPSA) is 76.2 Å². The van der Waals surface area contributed by atoms with Gasteiger partial charge in [-0.1, -0.05) is 19.3 Å². The van der Waals surface area contributed by atoms with E-state index in [1.807, 2.05) is 0 Å². The number of aromatic nitrogens is 1. The largest absolute Gasteiger partial charge is 0.478 e. The van der Waals surface area contributed by atoms with Crippen molar-refractivity contribution in [2.24, 2.45) is 0 Å². The number of carboxylic acid groups (broad SMARTS) is 1. The molecule has 1 aliphatic rings. The Morgan fingerprint density at radius 3 is 2.69 bits per heavy atom. The van der Waals surface area contributed by atoms with Crippen molar-refractivity contribution in [1.29, 1.82) is 0 Å². The molecule has 1 saturated carbocycles. The SMILES string of the molecule is Nc1ncc(C2CCCCC2)cc1C(=O)O. The van der Waals surface area contributed by atoms with E-state index in [0.29, 0.717) is 5.92 Å². The first kappa shape index (κ1) is 10.9. The van der Waals surface area contributed by atoms with Gasteiger partial charge in [-0.05, 0) is 30.4 Å². The summed E-state index contributed by atoms with van der Waals surface area (Å²) in [5, 5.41) is 8.97. The van der Waals surface area contributed by atoms with Crippen molar-refractivity contribution in [3.8, 4) is 0 Å². The summed E-state index contributed by atoms with van der Waals surface area (Å²) < 4.78 is 0. The lowest BCUT2D eigenvalue weighted by molar-refractivity contribution is 0.0697. The molecule has 0 bridgehead atoms. The number of rotatable bonds is 2. The fourth-order valence-corrected chi connectivity index (χ4v) is 2.32. The van der Waals surface area contributed by atoms with Crippen LogP contribution in [-0.4, -0.2) is 16.1 Å². The Morgan fingerprint density at radius 2 is 2.06 bits per heavy atom. The van der Waals surface area contributed by atoms with E-state index in [9.17, 15) is 4.79 Å². The van der Waals surface area contributed by atoms with Gasteiger partial charge in [-0.15, -0.1) is 0 Å². The van der Waals surface area contributed by atoms with E-state index >= 15 is 0 Å². The molecule has 1 fully saturated rings. The molecule has 1 aliphatic carbocycles. The molecule has 0 radical (unpaired) electrons. The molecule has 4 nitrogen and oxygen atoms in total. The second-order valence-electron chi connectivity index (χ2n) is 4.34. The molecule has 86 valence electrons. The van der Waals surface area contributed by atoms with Crippen LogP contribution in [0.3, 0.4) is 0 Å². The summed E-state index contributed by atoms with van der Waals surface area (Å²) in [5.74, 6) is -0.435. The van der Waals surface area contributed by atoms with Gasteiger partial charge in [0, 0.05) is 6.20 Å². The predicted octanol–water partition coefficient (Wildman–Crippen LogP) is 2.41. The smallest absolute Gasteiger partial charge is 0.339 e. The van der Waals surface area contributed by atoms with E-state index in [-0.39, 0.29) is 11.4 Å². The first-order valence-corrected chi connectivity index (χ1v) is 5.67. The molecule has 0 unspecified atom stereocenters. The summed E-state index contributed by atoms with van der Waals surface area (Å²) in [6.07, 6.45) is 7.70. The molecule has 3 N–H and O–H groups in total. The highest BCUT2D eigenvalue weighted by molar-refractivity contribution is 5.92. The molecule has 1 aromatic rings. The minimum Gasteiger partial charge on any atom is -0.478 e. The van der Waals surface area contributed by atoms with Gasteiger partial charge in [0.25, 0.3) is 0 Å². The summed E-state index contributed by atoms with van der Waals surface area (Å²) >= 11 is 0. The van der Waals surface area contributed by atoms with Crippen molar-refractivity contribution in [2.75, 3.05) is 5.73 Å². The van der Waals surface area contributed by atoms with Crippen LogP contribution in [-0.2, 0) is 0 Å². The maximum atomic E-state index is 10.9. The fraction of sp³-hybridized carbons (Fsp3) is 0.500. The van der Waals surface area contributed by atoms with Crippen LogP contribution < -0.4 is 5.73 Å². The van der Waals surface area contributed by atoms with Crippen LogP contribution >= 0.6 is 0 Å². The number of nitrogen functional groups attached to an aromatic ring is 1. The number of anilines is 1. The summed E-state index contributed by atoms with van der Waals surface area (Å²) in [4.78, 5) is 14.9. The lowest BCUT2D eigenvalue weighted by Crippen LogP contribution is -2.09. The number of carbonyl (C=O) groups is 1. The summed E-state index contributed by atoms with van der Waals surface area (Å²) in [5.41, 5.74) is 6.68. The van der Waals surface area contributed by atoms with Gasteiger partial charge in [0.2, 0.25) is 0 Å². The van der Waals surface area contributed by atoms with Crippen LogP contribution in [0.15, 0.2) is 12.3 Å². The van der Waals surface area contributed by atoms with E-state index in [1.54, 1.807) is 12.3 Å². The zero-order valence-electron chi connectivity index (χ0n) is 9.15. The summed E-state index contributed by atoms with van der Waals surface area (Å²) in [7, 11) is 0. The highest BCUT2D eigenvalue weighted by atomic mass is 16.4. The second kappa shape index (κ2) is 4.51. The van der Waals surface area contributed by atoms with Gasteiger partial charge in [-0.2, -0.15) is 0 Å². The van der Waals surface area contributed by atoms with Crippen LogP contribution in [0, 0.1) is 0 Å². The number of nitrogens with two attached hydrogens (primary N) is 1. The quantitative estimate of drug-likeness (QED) is 0.802. The minimum absolute atomic E-state index is 0.104. The third-order valence-electron chi connectivity index (χ3n) is 3.25. The Morgan fingerprint density at radius 1 is 1.38 bits per heavy atom. The summed E-state index contributed by atoms with van der Waals surface area (Å²) in [6.45, 7) is 0. The van der Waals surface area contributed by atoms with Gasteiger partial charge in [0.15, 0.2) is 0 Å². The number of pyridine rings is 1. The van der Waals surface area contributed by atoms with Crippen LogP contribution in [0.25, 0.3) is 0 Å². The first-order valence-electron chi connectivity index (χ1n) is 5.67. The van der Waals surface area contributed by atoms with Crippen molar-refractivity contribution in [1.82, 2.24) is 4.98 Å². The van der Waals surface area contributed by atoms with Gasteiger partial charge in [0.05, 0.1) is 0 Å². The molecule has 4 heteroatoms. The van der Waals surface area contributed by atoms with Crippen LogP contribution in [0.4, 0.5) is 5.82 Å². The zero-order chi connectivity index (χ0) is 11.5. The second-order valence-corrected chi connectivity index (χ2v) is 4.34. The highest BCUT2D eigenvalue weighted by Gasteiger charge is 2.18. The van der Waals surface area contributed by atoms with Crippen LogP contribution in [0.1, 0.15) is 53.9 Å². The van der Waals surface area contributed by atoms with Crippen LogP contribution in [0.5, 0.6) is 0 Å². The Hall–Kier alpha value is -1.58. The number of carboxylic acids is 1. The van der Waals surface area contributed by atoms with Crippen molar-refractivity contribution < 1.29 is 9.90 Å². The van der Waals surface area contributed by atoms with E-state index in [0.717, 1.165) is 18.4 Å². The molecule has 16 heavy (non-hydrogen) atoms. The van der Waals surface area contributed by atoms with Crippen molar-refractivity contribution >= 4 is 11.8 Å². The molecule has 0 aliphatic heterocycles. The number of hydrogen-bond acceptors (Lipinski definition) is 3. The lowest BCUT2D eigenvalue weighted by atomic mass is 9.84. The number of aromatic carboxylic acids is 1. The van der Waals surface area contributed by atoms with E-state index in [2.05, 4.69) is 4.98 Å². The molecule has 0 saturated heterocycles. The number of hydrogen-bond donors (Lipinski definition) is 2. The van der Waals surface area contributed by atoms with Gasteiger partial charge in [-0.25, -0.2) is 9.78 Å². The summed E-state index contributed by atoms with van der Waals surface area (Å²) in [6, 6.07) is 1.68. The fourth-order valence-electron chi connectivity index (χ4n) is 2.32. The minimum atomic E-state index is -0.998. The average molecular weight is 220 g/mol. The molecule has 1 heterocycles. The molecule has 1 aromatic heterocycles. The normalized spacial score (nSPS) is 17.2. The lowest BCUT2D eigenvalue weighted by Gasteiger charge is -2.21. The Kier molecular flexibility index (Phi) is 3.08. The average Bonchev–Trinajstić information content (AvgIpc) is 2.30. The van der Waals surface area contributed by atoms with Crippen molar-refractivity contribution in [2.45, 2.75) is 38.0 Å². The molecule has 0 aromatic carbocycles. The Labute approximate surface area is 94.5 Å². The Bertz CT molecular complexity index is 398. The maximum Gasteiger partial charge on any atom is 0.339 e. The van der Waals surface area contributed by atoms with Crippen molar-refractivity contribution in [3.05, 3.63) is 23.4 Å². The Balaban J connectivity index is 2.27. The third-order valence-corrected chi connectivity index (χ3v) is 3.25. The third kappa shape index (κ3) is 2.15. The zero-order valence-corrected chi connectivity index (χ0v) is 9.15. The van der Waals surface area contributed by atoms with E-state index in [4.69, 9.17) is 10.8 Å². The predicted molar refractivity (Wildman–Crippen MR) is 61.4 cm³/mol. The van der Waals surface area contributed by atoms with E-state index < -0.39 is 5.97 Å². The van der Waals surface area contributed by atoms with Crippen LogP contribution in [0.2, 0.25) is 0 Å². The van der Waals surface area contributed by atoms with E-state index in [1.165, 1.54) is 19.3 Å². The van der Waals surface area contributed by atoms with Gasteiger partial charge in [-0.3, -0.25) is 0 Å². The van der Waals surface area contributed by atoms with Gasteiger partial charge < -0.3 is 10.8 Å². The molecule has 0 amide bonds. The molecular weight excluding hydrogens is 204 g/mol. The molecule has 2 rings (SSSR count). The van der Waals surface area contributed by atoms with Gasteiger partial charge in [0.1, 0.15) is 11.4 Å². The first-order chi connectivity index (χ1) is 7.68. The monoisotopic (exact) mass is 220 g/mol. The maximum absolute atomic E-state index is 10.9. The van der Waals surface area contributed by atoms with Crippen molar-refractivity contribution in [3.63, 3.8) is 0 Å².